The van der Waals surface area contributed by atoms with Gasteiger partial charge in [0.25, 0.3) is 0 Å². The fourth-order valence-corrected chi connectivity index (χ4v) is 2.88. The number of rotatable bonds is 5. The molecule has 116 valence electrons. The molecule has 3 nitrogen and oxygen atoms in total. The lowest BCUT2D eigenvalue weighted by Gasteiger charge is -2.16. The SMILES string of the molecule is O=C(CNCc1ccc(F)c(Cl)c1)NC1CCCCCC1. The lowest BCUT2D eigenvalue weighted by Crippen LogP contribution is -2.40. The molecule has 0 bridgehead atoms. The molecule has 0 aliphatic heterocycles. The largest absolute Gasteiger partial charge is 0.352 e. The molecule has 21 heavy (non-hydrogen) atoms. The molecule has 1 fully saturated rings. The minimum absolute atomic E-state index is 0.0232. The van der Waals surface area contributed by atoms with E-state index >= 15 is 0 Å². The summed E-state index contributed by atoms with van der Waals surface area (Å²) >= 11 is 5.72. The topological polar surface area (TPSA) is 41.1 Å². The molecule has 0 aromatic heterocycles. The van der Waals surface area contributed by atoms with Crippen LogP contribution in [0.5, 0.6) is 0 Å². The van der Waals surface area contributed by atoms with E-state index in [0.29, 0.717) is 12.6 Å². The second kappa shape index (κ2) is 8.35. The highest BCUT2D eigenvalue weighted by atomic mass is 35.5. The molecule has 0 spiro atoms. The van der Waals surface area contributed by atoms with Gasteiger partial charge in [-0.1, -0.05) is 43.4 Å². The summed E-state index contributed by atoms with van der Waals surface area (Å²) < 4.78 is 13.0. The maximum absolute atomic E-state index is 13.0. The molecule has 1 saturated carbocycles. The molecule has 0 atom stereocenters. The Morgan fingerprint density at radius 3 is 2.62 bits per heavy atom. The predicted molar refractivity (Wildman–Crippen MR) is 82.7 cm³/mol. The first kappa shape index (κ1) is 16.2. The monoisotopic (exact) mass is 312 g/mol. The summed E-state index contributed by atoms with van der Waals surface area (Å²) in [5.41, 5.74) is 0.865. The summed E-state index contributed by atoms with van der Waals surface area (Å²) in [5.74, 6) is -0.401. The van der Waals surface area contributed by atoms with E-state index in [4.69, 9.17) is 11.6 Å². The van der Waals surface area contributed by atoms with E-state index in [1.165, 1.54) is 31.7 Å². The molecule has 1 amide bonds. The highest BCUT2D eigenvalue weighted by Crippen LogP contribution is 2.17. The van der Waals surface area contributed by atoms with Gasteiger partial charge < -0.3 is 10.6 Å². The normalized spacial score (nSPS) is 16.5. The van der Waals surface area contributed by atoms with Gasteiger partial charge in [0.2, 0.25) is 5.91 Å². The van der Waals surface area contributed by atoms with E-state index < -0.39 is 5.82 Å². The molecule has 2 N–H and O–H groups in total. The standard InChI is InChI=1S/C16H22ClFN2O/c17-14-9-12(7-8-15(14)18)10-19-11-16(21)20-13-5-3-1-2-4-6-13/h7-9,13,19H,1-6,10-11H2,(H,20,21). The van der Waals surface area contributed by atoms with Crippen LogP contribution in [-0.4, -0.2) is 18.5 Å². The zero-order valence-corrected chi connectivity index (χ0v) is 12.9. The quantitative estimate of drug-likeness (QED) is 0.818. The summed E-state index contributed by atoms with van der Waals surface area (Å²) in [6.45, 7) is 0.767. The molecule has 1 aliphatic carbocycles. The van der Waals surface area contributed by atoms with Crippen LogP contribution in [0.4, 0.5) is 4.39 Å². The van der Waals surface area contributed by atoms with Gasteiger partial charge in [0.1, 0.15) is 5.82 Å². The predicted octanol–water partition coefficient (Wildman–Crippen LogP) is 3.41. The van der Waals surface area contributed by atoms with Crippen molar-refractivity contribution >= 4 is 17.5 Å². The minimum atomic E-state index is -0.425. The molecular formula is C16H22ClFN2O. The lowest BCUT2D eigenvalue weighted by molar-refractivity contribution is -0.121. The zero-order chi connectivity index (χ0) is 15.1. The highest BCUT2D eigenvalue weighted by Gasteiger charge is 2.14. The average molecular weight is 313 g/mol. The summed E-state index contributed by atoms with van der Waals surface area (Å²) in [5, 5.41) is 6.25. The van der Waals surface area contributed by atoms with Gasteiger partial charge in [0.05, 0.1) is 11.6 Å². The highest BCUT2D eigenvalue weighted by molar-refractivity contribution is 6.30. The van der Waals surface area contributed by atoms with E-state index in [-0.39, 0.29) is 17.5 Å². The number of nitrogens with one attached hydrogen (secondary N) is 2. The van der Waals surface area contributed by atoms with E-state index in [9.17, 15) is 9.18 Å². The number of hydrogen-bond donors (Lipinski definition) is 2. The Hall–Kier alpha value is -1.13. The van der Waals surface area contributed by atoms with E-state index in [1.54, 1.807) is 12.1 Å². The van der Waals surface area contributed by atoms with Crippen molar-refractivity contribution in [1.82, 2.24) is 10.6 Å². The first-order valence-electron chi connectivity index (χ1n) is 7.59. The first-order chi connectivity index (χ1) is 10.1. The van der Waals surface area contributed by atoms with Gasteiger partial charge >= 0.3 is 0 Å². The summed E-state index contributed by atoms with van der Waals surface area (Å²) in [7, 11) is 0. The van der Waals surface area contributed by atoms with Crippen LogP contribution in [0, 0.1) is 5.82 Å². The molecule has 2 rings (SSSR count). The third kappa shape index (κ3) is 5.64. The summed E-state index contributed by atoms with van der Waals surface area (Å²) in [6.07, 6.45) is 7.11. The Balaban J connectivity index is 1.69. The summed E-state index contributed by atoms with van der Waals surface area (Å²) in [4.78, 5) is 11.9. The van der Waals surface area contributed by atoms with Gasteiger partial charge in [-0.25, -0.2) is 4.39 Å². The number of carbonyl (C=O) groups is 1. The number of amides is 1. The molecule has 0 heterocycles. The van der Waals surface area contributed by atoms with Crippen molar-refractivity contribution in [1.29, 1.82) is 0 Å². The Bertz CT molecular complexity index is 473. The van der Waals surface area contributed by atoms with Gasteiger partial charge in [-0.2, -0.15) is 0 Å². The number of benzene rings is 1. The Morgan fingerprint density at radius 2 is 1.95 bits per heavy atom. The lowest BCUT2D eigenvalue weighted by atomic mass is 10.1. The number of halogens is 2. The molecular weight excluding hydrogens is 291 g/mol. The van der Waals surface area contributed by atoms with Crippen molar-refractivity contribution in [3.63, 3.8) is 0 Å². The molecule has 1 aromatic carbocycles. The van der Waals surface area contributed by atoms with Crippen LogP contribution in [0.3, 0.4) is 0 Å². The van der Waals surface area contributed by atoms with Gasteiger partial charge in [0, 0.05) is 12.6 Å². The van der Waals surface area contributed by atoms with Crippen LogP contribution in [0.1, 0.15) is 44.1 Å². The van der Waals surface area contributed by atoms with Gasteiger partial charge in [-0.3, -0.25) is 4.79 Å². The van der Waals surface area contributed by atoms with Crippen LogP contribution >= 0.6 is 11.6 Å². The Labute approximate surface area is 130 Å². The average Bonchev–Trinajstić information content (AvgIpc) is 2.71. The number of carbonyl (C=O) groups excluding carboxylic acids is 1. The Morgan fingerprint density at radius 1 is 1.24 bits per heavy atom. The van der Waals surface area contributed by atoms with Crippen molar-refractivity contribution in [2.75, 3.05) is 6.54 Å². The van der Waals surface area contributed by atoms with Crippen molar-refractivity contribution < 1.29 is 9.18 Å². The van der Waals surface area contributed by atoms with Crippen LogP contribution in [0.15, 0.2) is 18.2 Å². The van der Waals surface area contributed by atoms with Gasteiger partial charge in [0.15, 0.2) is 0 Å². The maximum Gasteiger partial charge on any atom is 0.234 e. The van der Waals surface area contributed by atoms with Crippen molar-refractivity contribution in [3.05, 3.63) is 34.6 Å². The molecule has 0 radical (unpaired) electrons. The van der Waals surface area contributed by atoms with Gasteiger partial charge in [-0.05, 0) is 30.5 Å². The van der Waals surface area contributed by atoms with Crippen LogP contribution < -0.4 is 10.6 Å². The minimum Gasteiger partial charge on any atom is -0.352 e. The third-order valence-corrected chi connectivity index (χ3v) is 4.11. The molecule has 0 unspecified atom stereocenters. The van der Waals surface area contributed by atoms with Crippen LogP contribution in [0.2, 0.25) is 5.02 Å². The maximum atomic E-state index is 13.0. The zero-order valence-electron chi connectivity index (χ0n) is 12.1. The second-order valence-corrected chi connectivity index (χ2v) is 6.02. The van der Waals surface area contributed by atoms with E-state index in [2.05, 4.69) is 10.6 Å². The fraction of sp³-hybridized carbons (Fsp3) is 0.562. The molecule has 1 aromatic rings. The molecule has 0 saturated heterocycles. The molecule has 1 aliphatic rings. The van der Waals surface area contributed by atoms with E-state index in [0.717, 1.165) is 18.4 Å². The summed E-state index contributed by atoms with van der Waals surface area (Å²) in [6, 6.07) is 4.90. The third-order valence-electron chi connectivity index (χ3n) is 3.82. The van der Waals surface area contributed by atoms with Crippen molar-refractivity contribution in [2.45, 2.75) is 51.1 Å². The van der Waals surface area contributed by atoms with Crippen LogP contribution in [-0.2, 0) is 11.3 Å². The smallest absolute Gasteiger partial charge is 0.234 e. The number of hydrogen-bond acceptors (Lipinski definition) is 2. The van der Waals surface area contributed by atoms with Crippen molar-refractivity contribution in [2.24, 2.45) is 0 Å². The fourth-order valence-electron chi connectivity index (χ4n) is 2.67. The van der Waals surface area contributed by atoms with E-state index in [1.807, 2.05) is 0 Å². The first-order valence-corrected chi connectivity index (χ1v) is 7.97. The van der Waals surface area contributed by atoms with Gasteiger partial charge in [-0.15, -0.1) is 0 Å². The second-order valence-electron chi connectivity index (χ2n) is 5.61. The van der Waals surface area contributed by atoms with Crippen molar-refractivity contribution in [3.8, 4) is 0 Å². The van der Waals surface area contributed by atoms with Crippen LogP contribution in [0.25, 0.3) is 0 Å². The molecule has 5 heteroatoms. The Kier molecular flexibility index (Phi) is 6.46.